The van der Waals surface area contributed by atoms with Gasteiger partial charge in [-0.15, -0.1) is 0 Å². The van der Waals surface area contributed by atoms with Crippen LogP contribution in [0.25, 0.3) is 0 Å². The number of amides is 2. The standard InChI is InChI=1S/C12H25N3O7/c13-1-3-19-5-7-21-9-11(16)14-2-4-20-6-8-22-10-12(17)15-18/h18H,1-10,13H2,(H,14,16)(H,15,17). The van der Waals surface area contributed by atoms with Gasteiger partial charge in [-0.25, -0.2) is 5.48 Å². The van der Waals surface area contributed by atoms with Crippen molar-refractivity contribution in [3.05, 3.63) is 0 Å². The van der Waals surface area contributed by atoms with Gasteiger partial charge in [0.05, 0.1) is 39.6 Å². The predicted octanol–water partition coefficient (Wildman–Crippen LogP) is -2.37. The number of hydrogen-bond donors (Lipinski definition) is 4. The highest BCUT2D eigenvalue weighted by Crippen LogP contribution is 1.81. The maximum absolute atomic E-state index is 11.3. The fourth-order valence-corrected chi connectivity index (χ4v) is 1.20. The molecule has 0 rings (SSSR count). The monoisotopic (exact) mass is 323 g/mol. The van der Waals surface area contributed by atoms with Crippen molar-refractivity contribution in [3.63, 3.8) is 0 Å². The van der Waals surface area contributed by atoms with Crippen LogP contribution in [0.2, 0.25) is 0 Å². The molecule has 0 saturated carbocycles. The molecule has 0 aliphatic carbocycles. The van der Waals surface area contributed by atoms with E-state index in [2.05, 4.69) is 5.32 Å². The molecular formula is C12H25N3O7. The van der Waals surface area contributed by atoms with Crippen LogP contribution in [0.3, 0.4) is 0 Å². The first-order valence-corrected chi connectivity index (χ1v) is 6.91. The molecule has 0 aromatic rings. The number of carbonyl (C=O) groups is 2. The topological polar surface area (TPSA) is 141 Å². The molecule has 0 aliphatic rings. The van der Waals surface area contributed by atoms with Crippen LogP contribution in [-0.4, -0.2) is 83.0 Å². The first kappa shape index (κ1) is 20.7. The molecule has 10 heteroatoms. The van der Waals surface area contributed by atoms with Gasteiger partial charge in [0, 0.05) is 13.1 Å². The fourth-order valence-electron chi connectivity index (χ4n) is 1.20. The van der Waals surface area contributed by atoms with E-state index in [9.17, 15) is 9.59 Å². The minimum absolute atomic E-state index is 0.0363. The average Bonchev–Trinajstić information content (AvgIpc) is 2.52. The van der Waals surface area contributed by atoms with Crippen LogP contribution in [-0.2, 0) is 28.5 Å². The second-order valence-electron chi connectivity index (χ2n) is 4.00. The SMILES string of the molecule is NCCOCCOCC(=O)NCCOCCOCC(=O)NO. The van der Waals surface area contributed by atoms with Gasteiger partial charge in [0.2, 0.25) is 5.91 Å². The summed E-state index contributed by atoms with van der Waals surface area (Å²) in [5, 5.41) is 10.8. The van der Waals surface area contributed by atoms with Crippen molar-refractivity contribution in [1.82, 2.24) is 10.8 Å². The summed E-state index contributed by atoms with van der Waals surface area (Å²) in [6.45, 7) is 2.57. The van der Waals surface area contributed by atoms with E-state index in [-0.39, 0.29) is 32.3 Å². The molecule has 0 radical (unpaired) electrons. The lowest BCUT2D eigenvalue weighted by Gasteiger charge is -2.07. The Labute approximate surface area is 129 Å². The van der Waals surface area contributed by atoms with Gasteiger partial charge in [0.15, 0.2) is 0 Å². The second kappa shape index (κ2) is 16.1. The molecule has 22 heavy (non-hydrogen) atoms. The number of rotatable bonds is 15. The molecular weight excluding hydrogens is 298 g/mol. The third kappa shape index (κ3) is 15.1. The summed E-state index contributed by atoms with van der Waals surface area (Å²) in [5.74, 6) is -0.862. The quantitative estimate of drug-likeness (QED) is 0.149. The van der Waals surface area contributed by atoms with Gasteiger partial charge >= 0.3 is 0 Å². The van der Waals surface area contributed by atoms with Gasteiger partial charge in [-0.05, 0) is 0 Å². The van der Waals surface area contributed by atoms with E-state index in [0.29, 0.717) is 39.5 Å². The number of ether oxygens (including phenoxy) is 4. The molecule has 2 amide bonds. The van der Waals surface area contributed by atoms with Crippen molar-refractivity contribution in [2.24, 2.45) is 5.73 Å². The zero-order valence-corrected chi connectivity index (χ0v) is 12.5. The highest BCUT2D eigenvalue weighted by atomic mass is 16.5. The third-order valence-electron chi connectivity index (χ3n) is 2.17. The Bertz CT molecular complexity index is 292. The van der Waals surface area contributed by atoms with E-state index in [4.69, 9.17) is 29.9 Å². The number of hydrogen-bond acceptors (Lipinski definition) is 8. The van der Waals surface area contributed by atoms with Crippen LogP contribution in [0.4, 0.5) is 0 Å². The lowest BCUT2D eigenvalue weighted by molar-refractivity contribution is -0.134. The highest BCUT2D eigenvalue weighted by Gasteiger charge is 2.01. The number of hydroxylamine groups is 1. The largest absolute Gasteiger partial charge is 0.378 e. The Morgan fingerprint density at radius 1 is 0.818 bits per heavy atom. The van der Waals surface area contributed by atoms with Crippen molar-refractivity contribution in [2.45, 2.75) is 0 Å². The van der Waals surface area contributed by atoms with Crippen LogP contribution in [0, 0.1) is 0 Å². The highest BCUT2D eigenvalue weighted by molar-refractivity contribution is 5.77. The van der Waals surface area contributed by atoms with E-state index >= 15 is 0 Å². The molecule has 130 valence electrons. The summed E-state index contributed by atoms with van der Waals surface area (Å²) >= 11 is 0. The average molecular weight is 323 g/mol. The lowest BCUT2D eigenvalue weighted by Crippen LogP contribution is -2.31. The zero-order valence-electron chi connectivity index (χ0n) is 12.5. The van der Waals surface area contributed by atoms with Gasteiger partial charge in [-0.1, -0.05) is 0 Å². The predicted molar refractivity (Wildman–Crippen MR) is 75.3 cm³/mol. The fraction of sp³-hybridized carbons (Fsp3) is 0.833. The third-order valence-corrected chi connectivity index (χ3v) is 2.17. The summed E-state index contributed by atoms with van der Waals surface area (Å²) in [6.07, 6.45) is 0. The Hall–Kier alpha value is -1.30. The number of nitrogens with two attached hydrogens (primary N) is 1. The molecule has 0 heterocycles. The lowest BCUT2D eigenvalue weighted by atomic mass is 10.6. The Morgan fingerprint density at radius 2 is 1.36 bits per heavy atom. The van der Waals surface area contributed by atoms with Gasteiger partial charge in [0.1, 0.15) is 13.2 Å². The van der Waals surface area contributed by atoms with Gasteiger partial charge in [-0.2, -0.15) is 0 Å². The van der Waals surface area contributed by atoms with Crippen LogP contribution in [0.5, 0.6) is 0 Å². The molecule has 0 atom stereocenters. The Morgan fingerprint density at radius 3 is 1.95 bits per heavy atom. The molecule has 0 bridgehead atoms. The first-order valence-electron chi connectivity index (χ1n) is 6.91. The van der Waals surface area contributed by atoms with Gasteiger partial charge in [0.25, 0.3) is 5.91 Å². The van der Waals surface area contributed by atoms with Crippen LogP contribution in [0.15, 0.2) is 0 Å². The molecule has 0 unspecified atom stereocenters. The summed E-state index contributed by atoms with van der Waals surface area (Å²) in [4.78, 5) is 21.9. The number of nitrogens with one attached hydrogen (secondary N) is 2. The molecule has 0 fully saturated rings. The van der Waals surface area contributed by atoms with Crippen molar-refractivity contribution < 1.29 is 33.7 Å². The minimum Gasteiger partial charge on any atom is -0.378 e. The second-order valence-corrected chi connectivity index (χ2v) is 4.00. The van der Waals surface area contributed by atoms with E-state index in [1.165, 1.54) is 5.48 Å². The summed E-state index contributed by atoms with van der Waals surface area (Å²) in [6, 6.07) is 0. The Kier molecular flexibility index (Phi) is 15.1. The molecule has 0 aliphatic heterocycles. The van der Waals surface area contributed by atoms with E-state index in [1.54, 1.807) is 0 Å². The van der Waals surface area contributed by atoms with Crippen molar-refractivity contribution in [1.29, 1.82) is 0 Å². The van der Waals surface area contributed by atoms with E-state index in [0.717, 1.165) is 0 Å². The van der Waals surface area contributed by atoms with Crippen molar-refractivity contribution in [2.75, 3.05) is 65.9 Å². The van der Waals surface area contributed by atoms with Crippen molar-refractivity contribution >= 4 is 11.8 Å². The van der Waals surface area contributed by atoms with Crippen molar-refractivity contribution in [3.8, 4) is 0 Å². The minimum atomic E-state index is -0.624. The molecule has 0 aromatic carbocycles. The van der Waals surface area contributed by atoms with Gasteiger partial charge < -0.3 is 30.0 Å². The van der Waals surface area contributed by atoms with Crippen LogP contribution >= 0.6 is 0 Å². The maximum Gasteiger partial charge on any atom is 0.269 e. The van der Waals surface area contributed by atoms with E-state index < -0.39 is 5.91 Å². The molecule has 0 spiro atoms. The molecule has 0 aromatic heterocycles. The van der Waals surface area contributed by atoms with Gasteiger partial charge in [-0.3, -0.25) is 14.8 Å². The smallest absolute Gasteiger partial charge is 0.269 e. The summed E-state index contributed by atoms with van der Waals surface area (Å²) < 4.78 is 20.2. The normalized spacial score (nSPS) is 10.5. The Balaban J connectivity index is 3.20. The molecule has 10 nitrogen and oxygen atoms in total. The summed E-state index contributed by atoms with van der Waals surface area (Å²) in [5.41, 5.74) is 6.68. The summed E-state index contributed by atoms with van der Waals surface area (Å²) in [7, 11) is 0. The zero-order chi connectivity index (χ0) is 16.5. The number of carbonyl (C=O) groups excluding carboxylic acids is 2. The van der Waals surface area contributed by atoms with E-state index in [1.807, 2.05) is 0 Å². The van der Waals surface area contributed by atoms with Crippen LogP contribution in [0.1, 0.15) is 0 Å². The maximum atomic E-state index is 11.3. The van der Waals surface area contributed by atoms with Crippen LogP contribution < -0.4 is 16.5 Å². The molecule has 5 N–H and O–H groups in total. The molecule has 0 saturated heterocycles. The first-order chi connectivity index (χ1) is 10.7.